The van der Waals surface area contributed by atoms with Crippen molar-refractivity contribution < 1.29 is 0 Å². The Hall–Kier alpha value is -4.23. The van der Waals surface area contributed by atoms with Gasteiger partial charge in [-0.15, -0.1) is 11.3 Å². The number of nitrogens with two attached hydrogens (primary N) is 1. The van der Waals surface area contributed by atoms with E-state index in [0.29, 0.717) is 17.2 Å². The van der Waals surface area contributed by atoms with Crippen molar-refractivity contribution in [2.45, 2.75) is 20.8 Å². The van der Waals surface area contributed by atoms with E-state index in [1.807, 2.05) is 51.1 Å². The molecule has 0 aromatic carbocycles. The van der Waals surface area contributed by atoms with Gasteiger partial charge in [0.2, 0.25) is 0 Å². The van der Waals surface area contributed by atoms with Gasteiger partial charge in [0, 0.05) is 22.0 Å². The number of imidazole rings is 1. The number of aromatic amines is 2. The lowest BCUT2D eigenvalue weighted by Gasteiger charge is -2.02. The molecule has 35 heavy (non-hydrogen) atoms. The van der Waals surface area contributed by atoms with Crippen molar-refractivity contribution in [2.75, 3.05) is 0 Å². The van der Waals surface area contributed by atoms with Crippen LogP contribution in [0.25, 0.3) is 50.8 Å². The van der Waals surface area contributed by atoms with Crippen molar-refractivity contribution in [3.8, 4) is 22.1 Å². The maximum absolute atomic E-state index is 5.96. The number of aromatic nitrogens is 5. The van der Waals surface area contributed by atoms with Crippen LogP contribution in [-0.2, 0) is 0 Å². The van der Waals surface area contributed by atoms with Gasteiger partial charge in [0.25, 0.3) is 0 Å². The van der Waals surface area contributed by atoms with Crippen LogP contribution in [-0.4, -0.2) is 25.1 Å². The third-order valence-corrected chi connectivity index (χ3v) is 6.82. The second-order valence-corrected chi connectivity index (χ2v) is 9.12. The molecule has 4 rings (SSSR count). The highest BCUT2D eigenvalue weighted by Gasteiger charge is 2.16. The minimum absolute atomic E-state index is 0.572. The summed E-state index contributed by atoms with van der Waals surface area (Å²) in [5.74, 6) is 0.650. The van der Waals surface area contributed by atoms with Crippen molar-refractivity contribution in [3.63, 3.8) is 0 Å². The second-order valence-electron chi connectivity index (χ2n) is 8.04. The van der Waals surface area contributed by atoms with E-state index in [0.717, 1.165) is 53.8 Å². The Kier molecular flexibility index (Phi) is 6.80. The summed E-state index contributed by atoms with van der Waals surface area (Å²) in [5, 5.41) is 9.44. The Balaban J connectivity index is 1.85. The van der Waals surface area contributed by atoms with Gasteiger partial charge in [0.15, 0.2) is 5.82 Å². The first-order valence-electron chi connectivity index (χ1n) is 11.1. The molecule has 0 spiro atoms. The Morgan fingerprint density at radius 1 is 1.14 bits per heavy atom. The topological polar surface area (TPSA) is 96.3 Å². The molecule has 0 radical (unpaired) electrons. The van der Waals surface area contributed by atoms with Gasteiger partial charge >= 0.3 is 0 Å². The van der Waals surface area contributed by atoms with Gasteiger partial charge < -0.3 is 10.7 Å². The third-order valence-electron chi connectivity index (χ3n) is 5.57. The monoisotopic (exact) mass is 480 g/mol. The average Bonchev–Trinajstić information content (AvgIpc) is 3.59. The van der Waals surface area contributed by atoms with Gasteiger partial charge in [-0.1, -0.05) is 31.9 Å². The minimum atomic E-state index is 0.572. The molecule has 0 bridgehead atoms. The summed E-state index contributed by atoms with van der Waals surface area (Å²) >= 11 is 1.66. The Labute approximate surface area is 208 Å². The molecule has 4 aromatic rings. The van der Waals surface area contributed by atoms with Crippen LogP contribution in [0.15, 0.2) is 79.2 Å². The lowest BCUT2D eigenvalue weighted by Crippen LogP contribution is -2.24. The number of pyridine rings is 1. The van der Waals surface area contributed by atoms with Crippen LogP contribution >= 0.6 is 11.3 Å². The first kappa shape index (κ1) is 23.9. The summed E-state index contributed by atoms with van der Waals surface area (Å²) in [6.07, 6.45) is 11.2. The molecule has 4 aromatic heterocycles. The summed E-state index contributed by atoms with van der Waals surface area (Å²) in [5.41, 5.74) is 12.5. The number of H-pyrrole nitrogens is 2. The molecule has 0 aliphatic carbocycles. The Bertz CT molecular complexity index is 1640. The molecule has 0 unspecified atom stereocenters. The fraction of sp³-hybridized carbons (Fsp3) is 0.107. The lowest BCUT2D eigenvalue weighted by molar-refractivity contribution is 1.05. The minimum Gasteiger partial charge on any atom is -0.399 e. The predicted molar refractivity (Wildman–Crippen MR) is 149 cm³/mol. The zero-order valence-electron chi connectivity index (χ0n) is 20.1. The van der Waals surface area contributed by atoms with Gasteiger partial charge in [-0.2, -0.15) is 5.10 Å². The van der Waals surface area contributed by atoms with Crippen LogP contribution < -0.4 is 16.3 Å². The number of fused-ring (bicyclic) bond motifs is 1. The summed E-state index contributed by atoms with van der Waals surface area (Å²) in [6.45, 7) is 17.9. The number of nitrogens with one attached hydrogen (secondary N) is 2. The highest BCUT2D eigenvalue weighted by molar-refractivity contribution is 7.16. The summed E-state index contributed by atoms with van der Waals surface area (Å²) < 4.78 is 0. The van der Waals surface area contributed by atoms with Gasteiger partial charge in [0.1, 0.15) is 16.9 Å². The number of hydrogen-bond acceptors (Lipinski definition) is 5. The van der Waals surface area contributed by atoms with Crippen LogP contribution in [0.2, 0.25) is 0 Å². The van der Waals surface area contributed by atoms with Crippen molar-refractivity contribution in [3.05, 3.63) is 94.6 Å². The maximum Gasteiger partial charge on any atom is 0.159 e. The Morgan fingerprint density at radius 3 is 2.60 bits per heavy atom. The zero-order chi connectivity index (χ0) is 25.1. The van der Waals surface area contributed by atoms with Gasteiger partial charge in [-0.05, 0) is 73.9 Å². The predicted octanol–water partition coefficient (Wildman–Crippen LogP) is 5.22. The lowest BCUT2D eigenvalue weighted by atomic mass is 10.0. The molecule has 4 N–H and O–H groups in total. The molecule has 0 aliphatic rings. The average molecular weight is 481 g/mol. The normalized spacial score (nSPS) is 13.6. The van der Waals surface area contributed by atoms with Gasteiger partial charge in [0.05, 0.1) is 15.7 Å². The molecule has 7 heteroatoms. The quantitative estimate of drug-likeness (QED) is 0.316. The van der Waals surface area contributed by atoms with Crippen LogP contribution in [0.1, 0.15) is 25.6 Å². The summed E-state index contributed by atoms with van der Waals surface area (Å²) in [4.78, 5) is 15.1. The molecule has 4 heterocycles. The molecule has 0 aliphatic heterocycles. The van der Waals surface area contributed by atoms with E-state index in [2.05, 4.69) is 52.0 Å². The molecule has 0 saturated carbocycles. The molecule has 0 fully saturated rings. The van der Waals surface area contributed by atoms with Crippen molar-refractivity contribution in [1.82, 2.24) is 25.1 Å². The SMILES string of the molecule is C=C/C(N)=C\C(=C/C)C(=C)/C=c1/c(-c2nc3c(-c4ccc(C(=C)C)s4)nccc3[nH]2)n[nH]/c1=C/C. The van der Waals surface area contributed by atoms with Crippen molar-refractivity contribution in [2.24, 2.45) is 5.73 Å². The summed E-state index contributed by atoms with van der Waals surface area (Å²) in [6, 6.07) is 6.05. The highest BCUT2D eigenvalue weighted by Crippen LogP contribution is 2.34. The Morgan fingerprint density at radius 2 is 1.94 bits per heavy atom. The molecular weight excluding hydrogens is 452 g/mol. The number of hydrogen-bond donors (Lipinski definition) is 3. The van der Waals surface area contributed by atoms with E-state index in [9.17, 15) is 0 Å². The van der Waals surface area contributed by atoms with Crippen LogP contribution in [0, 0.1) is 0 Å². The smallest absolute Gasteiger partial charge is 0.159 e. The van der Waals surface area contributed by atoms with Crippen molar-refractivity contribution >= 4 is 40.1 Å². The molecule has 0 amide bonds. The number of thiophene rings is 1. The van der Waals surface area contributed by atoms with E-state index < -0.39 is 0 Å². The number of allylic oxidation sites excluding steroid dienone is 6. The van der Waals surface area contributed by atoms with E-state index >= 15 is 0 Å². The first-order valence-corrected chi connectivity index (χ1v) is 12.0. The fourth-order valence-corrected chi connectivity index (χ4v) is 4.62. The number of rotatable bonds is 7. The highest BCUT2D eigenvalue weighted by atomic mass is 32.1. The first-order chi connectivity index (χ1) is 16.9. The molecule has 176 valence electrons. The van der Waals surface area contributed by atoms with E-state index in [1.54, 1.807) is 23.6 Å². The fourth-order valence-electron chi connectivity index (χ4n) is 3.69. The largest absolute Gasteiger partial charge is 0.399 e. The van der Waals surface area contributed by atoms with Gasteiger partial charge in [-0.25, -0.2) is 4.98 Å². The summed E-state index contributed by atoms with van der Waals surface area (Å²) in [7, 11) is 0. The molecule has 6 nitrogen and oxygen atoms in total. The standard InChI is InChI=1S/C28H28N6S/c1-7-18(15-19(29)8-2)17(6)14-20-21(9-3)33-34-25(20)28-31-22-12-13-30-27(26(22)32-28)24-11-10-23(35-24)16(4)5/h7-15,33H,2,4,6,29H2,1,3,5H3,(H,31,32)/b18-7+,19-15+,20-14+,21-9+. The van der Waals surface area contributed by atoms with Gasteiger partial charge in [-0.3, -0.25) is 10.1 Å². The van der Waals surface area contributed by atoms with Crippen LogP contribution in [0.4, 0.5) is 0 Å². The third kappa shape index (κ3) is 4.72. The van der Waals surface area contributed by atoms with E-state index in [1.165, 1.54) is 0 Å². The van der Waals surface area contributed by atoms with E-state index in [4.69, 9.17) is 10.7 Å². The number of nitrogens with zero attached hydrogens (tertiary/aromatic N) is 3. The second kappa shape index (κ2) is 9.95. The van der Waals surface area contributed by atoms with Crippen LogP contribution in [0.5, 0.6) is 0 Å². The van der Waals surface area contributed by atoms with Crippen molar-refractivity contribution in [1.29, 1.82) is 0 Å². The molecule has 0 saturated heterocycles. The maximum atomic E-state index is 5.96. The molecule has 0 atom stereocenters. The zero-order valence-corrected chi connectivity index (χ0v) is 21.0. The van der Waals surface area contributed by atoms with Crippen LogP contribution in [0.3, 0.4) is 0 Å². The van der Waals surface area contributed by atoms with E-state index in [-0.39, 0.29) is 0 Å². The molecular formula is C28H28N6S.